The van der Waals surface area contributed by atoms with E-state index in [4.69, 9.17) is 23.2 Å². The second kappa shape index (κ2) is 13.4. The molecule has 2 aliphatic carbocycles. The second-order valence-electron chi connectivity index (χ2n) is 14.3. The first-order chi connectivity index (χ1) is 26.2. The molecule has 0 radical (unpaired) electrons. The van der Waals surface area contributed by atoms with Gasteiger partial charge in [0, 0.05) is 23.7 Å². The minimum atomic E-state index is -4.75. The molecule has 3 fully saturated rings. The van der Waals surface area contributed by atoms with Crippen molar-refractivity contribution in [1.82, 2.24) is 14.9 Å². The van der Waals surface area contributed by atoms with Gasteiger partial charge in [0.05, 0.1) is 33.8 Å². The van der Waals surface area contributed by atoms with E-state index in [0.29, 0.717) is 40.4 Å². The lowest BCUT2D eigenvalue weighted by molar-refractivity contribution is -0.141. The zero-order valence-electron chi connectivity index (χ0n) is 28.6. The van der Waals surface area contributed by atoms with Crippen LogP contribution in [0.1, 0.15) is 41.0 Å². The Hall–Kier alpha value is -5.40. The van der Waals surface area contributed by atoms with E-state index in [2.05, 4.69) is 10.4 Å². The molecule has 4 amide bonds. The number of hydrogen-bond donors (Lipinski definition) is 3. The number of benzene rings is 3. The molecule has 3 aromatic carbocycles. The van der Waals surface area contributed by atoms with Crippen LogP contribution in [-0.4, -0.2) is 55.3 Å². The zero-order chi connectivity index (χ0) is 39.0. The van der Waals surface area contributed by atoms with E-state index < -0.39 is 69.5 Å². The molecule has 0 spiro atoms. The van der Waals surface area contributed by atoms with E-state index in [-0.39, 0.29) is 42.6 Å². The van der Waals surface area contributed by atoms with E-state index in [9.17, 15) is 37.8 Å². The molecule has 4 aromatic rings. The first-order valence-corrected chi connectivity index (χ1v) is 18.2. The van der Waals surface area contributed by atoms with Crippen molar-refractivity contribution in [3.8, 4) is 11.5 Å². The second-order valence-corrected chi connectivity index (χ2v) is 15.1. The average molecular weight is 792 g/mol. The molecule has 282 valence electrons. The summed E-state index contributed by atoms with van der Waals surface area (Å²) in [5.74, 6) is -7.03. The molecule has 1 saturated carbocycles. The van der Waals surface area contributed by atoms with Gasteiger partial charge < -0.3 is 10.2 Å². The maximum absolute atomic E-state index is 15.2. The molecule has 3 heterocycles. The molecule has 8 rings (SSSR count). The minimum absolute atomic E-state index is 0.0350. The summed E-state index contributed by atoms with van der Waals surface area (Å²) in [6.07, 6.45) is -1.85. The molecule has 55 heavy (non-hydrogen) atoms. The largest absolute Gasteiger partial charge is 0.508 e. The Morgan fingerprint density at radius 2 is 1.60 bits per heavy atom. The number of halogens is 5. The van der Waals surface area contributed by atoms with E-state index in [0.717, 1.165) is 10.6 Å². The number of fused-ring (bicyclic) bond motifs is 4. The Morgan fingerprint density at radius 1 is 0.873 bits per heavy atom. The Kier molecular flexibility index (Phi) is 8.92. The quantitative estimate of drug-likeness (QED) is 0.134. The van der Waals surface area contributed by atoms with Crippen LogP contribution in [0.2, 0.25) is 10.0 Å². The highest BCUT2D eigenvalue weighted by atomic mass is 35.5. The molecule has 2 aliphatic heterocycles. The molecule has 1 aromatic heterocycles. The van der Waals surface area contributed by atoms with Gasteiger partial charge in [0.25, 0.3) is 11.8 Å². The number of phenolic OH excluding ortho intramolecular Hbond substituents is 2. The predicted octanol–water partition coefficient (Wildman–Crippen LogP) is 7.05. The molecule has 0 unspecified atom stereocenters. The van der Waals surface area contributed by atoms with Gasteiger partial charge >= 0.3 is 6.18 Å². The average Bonchev–Trinajstić information content (AvgIpc) is 3.52. The number of nitrogens with zero attached hydrogens (tertiary/aromatic N) is 3. The molecule has 2 saturated heterocycles. The van der Waals surface area contributed by atoms with Crippen LogP contribution in [0.4, 0.5) is 19.0 Å². The number of imide groups is 2. The Bertz CT molecular complexity index is 2290. The summed E-state index contributed by atoms with van der Waals surface area (Å²) in [7, 11) is 0. The van der Waals surface area contributed by atoms with Crippen LogP contribution in [0.25, 0.3) is 0 Å². The van der Waals surface area contributed by atoms with Gasteiger partial charge in [-0.15, -0.1) is 0 Å². The Morgan fingerprint density at radius 3 is 2.27 bits per heavy atom. The van der Waals surface area contributed by atoms with E-state index in [1.807, 2.05) is 6.08 Å². The van der Waals surface area contributed by atoms with Gasteiger partial charge in [-0.2, -0.15) is 18.2 Å². The first kappa shape index (κ1) is 36.6. The van der Waals surface area contributed by atoms with Crippen molar-refractivity contribution in [2.45, 2.75) is 36.8 Å². The van der Waals surface area contributed by atoms with Crippen LogP contribution in [0.15, 0.2) is 96.7 Å². The van der Waals surface area contributed by atoms with Crippen molar-refractivity contribution in [2.24, 2.45) is 23.7 Å². The number of anilines is 1. The molecule has 10 nitrogen and oxygen atoms in total. The SMILES string of the molecule is O=C1[C@H]2[C@H](CC=C3[C@H]2C[C@H]2C(=O)N(Nc4ncc(C(F)(F)F)cc4Cl)C(=O)[C@@]2(c2ccc(Cl)cc2)[C@H]3c2cccc(O)c2)C(=O)N1CCc1ccc(O)cc1. The third kappa shape index (κ3) is 5.91. The fourth-order valence-corrected chi connectivity index (χ4v) is 9.39. The number of hydrazine groups is 1. The van der Waals surface area contributed by atoms with Crippen LogP contribution in [0, 0.1) is 23.7 Å². The molecular weight excluding hydrogens is 760 g/mol. The highest BCUT2D eigenvalue weighted by molar-refractivity contribution is 6.33. The van der Waals surface area contributed by atoms with Crippen molar-refractivity contribution in [2.75, 3.05) is 12.0 Å². The lowest BCUT2D eigenvalue weighted by Gasteiger charge is -2.50. The standard InChI is InChI=1S/C40H31Cl2F3N4O6/c41-24-8-6-22(7-9-24)39-30(36(53)49(38(39)55)47-34-31(42)17-23(19-46-34)40(43,44)45)18-29-27(33(39)21-2-1-3-26(51)16-21)12-13-28-32(29)37(54)48(35(28)52)15-14-20-4-10-25(50)11-5-20/h1-12,16-17,19,28-30,32-33,50-51H,13-15,18H2,(H,46,47)/t28-,29+,30-,32-,33-,39+/m0/s1. The third-order valence-corrected chi connectivity index (χ3v) is 12.0. The van der Waals surface area contributed by atoms with E-state index in [1.54, 1.807) is 48.5 Å². The van der Waals surface area contributed by atoms with Crippen molar-refractivity contribution in [1.29, 1.82) is 0 Å². The first-order valence-electron chi connectivity index (χ1n) is 17.5. The number of carbonyl (C=O) groups excluding carboxylic acids is 4. The fraction of sp³-hybridized carbons (Fsp3) is 0.275. The van der Waals surface area contributed by atoms with Gasteiger partial charge in [0.15, 0.2) is 5.82 Å². The van der Waals surface area contributed by atoms with Crippen molar-refractivity contribution in [3.63, 3.8) is 0 Å². The van der Waals surface area contributed by atoms with Crippen LogP contribution in [0.5, 0.6) is 11.5 Å². The smallest absolute Gasteiger partial charge is 0.417 e. The maximum Gasteiger partial charge on any atom is 0.417 e. The summed E-state index contributed by atoms with van der Waals surface area (Å²) < 4.78 is 40.4. The number of alkyl halides is 3. The Balaban J connectivity index is 1.24. The zero-order valence-corrected chi connectivity index (χ0v) is 30.1. The number of rotatable bonds is 7. The number of carbonyl (C=O) groups is 4. The molecule has 4 aliphatic rings. The maximum atomic E-state index is 15.2. The van der Waals surface area contributed by atoms with Crippen LogP contribution < -0.4 is 5.43 Å². The number of aromatic nitrogens is 1. The Labute approximate surface area is 322 Å². The number of hydrogen-bond acceptors (Lipinski definition) is 8. The van der Waals surface area contributed by atoms with Gasteiger partial charge in [-0.25, -0.2) is 4.98 Å². The minimum Gasteiger partial charge on any atom is -0.508 e. The number of allylic oxidation sites excluding steroid dienone is 2. The van der Waals surface area contributed by atoms with Gasteiger partial charge in [-0.3, -0.25) is 29.5 Å². The van der Waals surface area contributed by atoms with Crippen LogP contribution >= 0.6 is 23.2 Å². The predicted molar refractivity (Wildman–Crippen MR) is 194 cm³/mol. The van der Waals surface area contributed by atoms with E-state index >= 15 is 4.79 Å². The molecule has 6 atom stereocenters. The summed E-state index contributed by atoms with van der Waals surface area (Å²) in [5.41, 5.74) is 2.07. The fourth-order valence-electron chi connectivity index (χ4n) is 9.05. The lowest BCUT2D eigenvalue weighted by atomic mass is 9.49. The summed E-state index contributed by atoms with van der Waals surface area (Å²) in [4.78, 5) is 63.3. The van der Waals surface area contributed by atoms with Crippen molar-refractivity contribution in [3.05, 3.63) is 129 Å². The summed E-state index contributed by atoms with van der Waals surface area (Å²) >= 11 is 12.5. The number of pyridine rings is 1. The van der Waals surface area contributed by atoms with E-state index in [1.165, 1.54) is 29.2 Å². The van der Waals surface area contributed by atoms with Gasteiger partial charge in [-0.1, -0.05) is 71.2 Å². The van der Waals surface area contributed by atoms with Crippen molar-refractivity contribution >= 4 is 52.6 Å². The van der Waals surface area contributed by atoms with Crippen LogP contribution in [0.3, 0.4) is 0 Å². The van der Waals surface area contributed by atoms with Crippen LogP contribution in [-0.2, 0) is 37.2 Å². The number of amides is 4. The molecule has 3 N–H and O–H groups in total. The summed E-state index contributed by atoms with van der Waals surface area (Å²) in [6, 6.07) is 19.8. The van der Waals surface area contributed by atoms with Crippen molar-refractivity contribution < 1.29 is 42.6 Å². The van der Waals surface area contributed by atoms with Gasteiger partial charge in [0.1, 0.15) is 11.5 Å². The number of nitrogens with one attached hydrogen (secondary N) is 1. The number of likely N-dealkylation sites (tertiary alicyclic amines) is 1. The highest BCUT2D eigenvalue weighted by Gasteiger charge is 2.70. The van der Waals surface area contributed by atoms with Gasteiger partial charge in [0.2, 0.25) is 11.8 Å². The molecular formula is C40H31Cl2F3N4O6. The van der Waals surface area contributed by atoms with Gasteiger partial charge in [-0.05, 0) is 84.3 Å². The lowest BCUT2D eigenvalue weighted by Crippen LogP contribution is -2.53. The monoisotopic (exact) mass is 790 g/mol. The number of phenols is 2. The number of aromatic hydroxyl groups is 2. The molecule has 0 bridgehead atoms. The third-order valence-electron chi connectivity index (χ3n) is 11.4. The topological polar surface area (TPSA) is 140 Å². The summed E-state index contributed by atoms with van der Waals surface area (Å²) in [5, 5.41) is 21.0. The molecule has 15 heteroatoms. The normalized spacial score (nSPS) is 26.1. The summed E-state index contributed by atoms with van der Waals surface area (Å²) in [6.45, 7) is 0.0988. The highest BCUT2D eigenvalue weighted by Crippen LogP contribution is 2.64.